The van der Waals surface area contributed by atoms with E-state index in [1.54, 1.807) is 12.1 Å². The summed E-state index contributed by atoms with van der Waals surface area (Å²) in [5.41, 5.74) is 1.96. The van der Waals surface area contributed by atoms with Crippen LogP contribution in [0.25, 0.3) is 0 Å². The van der Waals surface area contributed by atoms with Gasteiger partial charge in [0, 0.05) is 44.2 Å². The Morgan fingerprint density at radius 3 is 2.67 bits per heavy atom. The van der Waals surface area contributed by atoms with E-state index in [1.807, 2.05) is 35.2 Å². The first-order valence-electron chi connectivity index (χ1n) is 12.9. The molecule has 7 heteroatoms. The van der Waals surface area contributed by atoms with Crippen LogP contribution in [0, 0.1) is 17.7 Å². The van der Waals surface area contributed by atoms with Crippen molar-refractivity contribution in [2.45, 2.75) is 44.8 Å². The highest BCUT2D eigenvalue weighted by atomic mass is 19.1. The molecule has 2 heterocycles. The van der Waals surface area contributed by atoms with Gasteiger partial charge >= 0.3 is 0 Å². The lowest BCUT2D eigenvalue weighted by Gasteiger charge is -2.38. The zero-order valence-electron chi connectivity index (χ0n) is 20.6. The van der Waals surface area contributed by atoms with Gasteiger partial charge in [0.05, 0.1) is 6.54 Å². The molecule has 2 aliphatic heterocycles. The number of carbonyl (C=O) groups excluding carboxylic acids is 2. The second-order valence-electron chi connectivity index (χ2n) is 10.2. The highest BCUT2D eigenvalue weighted by Crippen LogP contribution is 2.30. The molecule has 6 nitrogen and oxygen atoms in total. The minimum atomic E-state index is -0.272. The number of carbonyl (C=O) groups is 2. The summed E-state index contributed by atoms with van der Waals surface area (Å²) in [5.74, 6) is 1.03. The van der Waals surface area contributed by atoms with Crippen LogP contribution in [0.5, 0.6) is 5.75 Å². The predicted octanol–water partition coefficient (Wildman–Crippen LogP) is 3.91. The SMILES string of the molecule is O=C(C[C@@H]1CCN2C[C@@H]1C=CCOc1ccccc1CN(Cc1ccc(F)cc1)CC2=O)NC1CC1. The number of ether oxygens (including phenoxy) is 1. The molecule has 5 rings (SSSR count). The number of para-hydroxylation sites is 1. The minimum absolute atomic E-state index is 0.0778. The van der Waals surface area contributed by atoms with Gasteiger partial charge in [-0.3, -0.25) is 14.5 Å². The van der Waals surface area contributed by atoms with Crippen molar-refractivity contribution in [3.05, 3.63) is 77.6 Å². The van der Waals surface area contributed by atoms with E-state index in [0.717, 1.165) is 36.1 Å². The van der Waals surface area contributed by atoms with E-state index in [9.17, 15) is 14.0 Å². The molecule has 1 saturated heterocycles. The van der Waals surface area contributed by atoms with E-state index in [4.69, 9.17) is 4.74 Å². The Morgan fingerprint density at radius 1 is 1.06 bits per heavy atom. The molecule has 1 aliphatic carbocycles. The molecule has 1 N–H and O–H groups in total. The van der Waals surface area contributed by atoms with Gasteiger partial charge in [0.15, 0.2) is 0 Å². The molecule has 36 heavy (non-hydrogen) atoms. The molecule has 2 amide bonds. The van der Waals surface area contributed by atoms with Gasteiger partial charge in [-0.25, -0.2) is 4.39 Å². The predicted molar refractivity (Wildman–Crippen MR) is 136 cm³/mol. The largest absolute Gasteiger partial charge is 0.489 e. The Morgan fingerprint density at radius 2 is 1.86 bits per heavy atom. The van der Waals surface area contributed by atoms with Gasteiger partial charge in [0.2, 0.25) is 11.8 Å². The van der Waals surface area contributed by atoms with E-state index in [0.29, 0.717) is 45.2 Å². The summed E-state index contributed by atoms with van der Waals surface area (Å²) < 4.78 is 19.6. The minimum Gasteiger partial charge on any atom is -0.489 e. The molecule has 190 valence electrons. The fraction of sp³-hybridized carbons (Fsp3) is 0.448. The van der Waals surface area contributed by atoms with Crippen LogP contribution in [0.15, 0.2) is 60.7 Å². The van der Waals surface area contributed by atoms with Gasteiger partial charge < -0.3 is 15.0 Å². The maximum absolute atomic E-state index is 13.5. The zero-order valence-corrected chi connectivity index (χ0v) is 20.6. The summed E-state index contributed by atoms with van der Waals surface area (Å²) in [4.78, 5) is 30.0. The number of hydrogen-bond donors (Lipinski definition) is 1. The van der Waals surface area contributed by atoms with Gasteiger partial charge in [-0.1, -0.05) is 42.5 Å². The number of nitrogens with one attached hydrogen (secondary N) is 1. The van der Waals surface area contributed by atoms with Crippen molar-refractivity contribution < 1.29 is 18.7 Å². The number of halogens is 1. The number of piperidine rings is 1. The van der Waals surface area contributed by atoms with E-state index >= 15 is 0 Å². The lowest BCUT2D eigenvalue weighted by atomic mass is 9.82. The van der Waals surface area contributed by atoms with Crippen LogP contribution in [-0.2, 0) is 22.7 Å². The first kappa shape index (κ1) is 24.5. The quantitative estimate of drug-likeness (QED) is 0.645. The van der Waals surface area contributed by atoms with E-state index in [2.05, 4.69) is 16.3 Å². The Bertz CT molecular complexity index is 1100. The second-order valence-corrected chi connectivity index (χ2v) is 10.2. The molecule has 2 bridgehead atoms. The zero-order chi connectivity index (χ0) is 24.9. The number of amides is 2. The summed E-state index contributed by atoms with van der Waals surface area (Å²) >= 11 is 0. The van der Waals surface area contributed by atoms with Crippen molar-refractivity contribution >= 4 is 11.8 Å². The smallest absolute Gasteiger partial charge is 0.236 e. The number of benzene rings is 2. The van der Waals surface area contributed by atoms with E-state index in [1.165, 1.54) is 12.1 Å². The van der Waals surface area contributed by atoms with Crippen molar-refractivity contribution in [2.75, 3.05) is 26.2 Å². The van der Waals surface area contributed by atoms with Crippen molar-refractivity contribution in [2.24, 2.45) is 11.8 Å². The fourth-order valence-electron chi connectivity index (χ4n) is 5.17. The highest BCUT2D eigenvalue weighted by Gasteiger charge is 2.33. The van der Waals surface area contributed by atoms with Crippen molar-refractivity contribution in [1.82, 2.24) is 15.1 Å². The average Bonchev–Trinajstić information content (AvgIpc) is 3.68. The molecule has 0 unspecified atom stereocenters. The molecule has 0 spiro atoms. The fourth-order valence-corrected chi connectivity index (χ4v) is 5.17. The van der Waals surface area contributed by atoms with Crippen LogP contribution in [-0.4, -0.2) is 53.9 Å². The molecule has 2 aromatic carbocycles. The average molecular weight is 492 g/mol. The van der Waals surface area contributed by atoms with Crippen molar-refractivity contribution in [3.63, 3.8) is 0 Å². The van der Waals surface area contributed by atoms with Gasteiger partial charge in [-0.15, -0.1) is 0 Å². The number of nitrogens with zero attached hydrogens (tertiary/aromatic N) is 2. The standard InChI is InChI=1S/C29H34FN3O3/c30-25-9-7-21(8-10-25)17-32-18-24-4-1-2-6-27(24)36-15-3-5-23-19-33(29(35)20-32)14-13-22(23)16-28(34)31-26-11-12-26/h1-10,22-23,26H,11-20H2,(H,31,34)/t22-,23-/m0/s1. The van der Waals surface area contributed by atoms with Gasteiger partial charge in [0.25, 0.3) is 0 Å². The van der Waals surface area contributed by atoms with E-state index < -0.39 is 0 Å². The molecule has 2 fully saturated rings. The molecular formula is C29H34FN3O3. The Labute approximate surface area is 212 Å². The Hall–Kier alpha value is -3.19. The Kier molecular flexibility index (Phi) is 7.66. The summed E-state index contributed by atoms with van der Waals surface area (Å²) in [6.45, 7) is 3.02. The molecule has 2 aromatic rings. The third-order valence-corrected chi connectivity index (χ3v) is 7.31. The maximum Gasteiger partial charge on any atom is 0.236 e. The summed E-state index contributed by atoms with van der Waals surface area (Å²) in [6, 6.07) is 14.7. The van der Waals surface area contributed by atoms with Crippen LogP contribution in [0.1, 0.15) is 36.8 Å². The molecule has 2 atom stereocenters. The Balaban J connectivity index is 1.35. The molecule has 3 aliphatic rings. The molecule has 0 aromatic heterocycles. The normalized spacial score (nSPS) is 23.0. The number of rotatable bonds is 5. The molecular weight excluding hydrogens is 457 g/mol. The maximum atomic E-state index is 13.5. The van der Waals surface area contributed by atoms with Gasteiger partial charge in [0.1, 0.15) is 18.2 Å². The summed E-state index contributed by atoms with van der Waals surface area (Å²) in [7, 11) is 0. The number of hydrogen-bond acceptors (Lipinski definition) is 4. The third kappa shape index (κ3) is 6.52. The van der Waals surface area contributed by atoms with Crippen molar-refractivity contribution in [3.8, 4) is 5.75 Å². The third-order valence-electron chi connectivity index (χ3n) is 7.31. The first-order chi connectivity index (χ1) is 17.5. The van der Waals surface area contributed by atoms with Crippen LogP contribution < -0.4 is 10.1 Å². The summed E-state index contributed by atoms with van der Waals surface area (Å²) in [5, 5.41) is 3.11. The molecule has 0 radical (unpaired) electrons. The molecule has 1 saturated carbocycles. The summed E-state index contributed by atoms with van der Waals surface area (Å²) in [6.07, 6.45) is 7.61. The van der Waals surface area contributed by atoms with Crippen LogP contribution in [0.2, 0.25) is 0 Å². The highest BCUT2D eigenvalue weighted by molar-refractivity contribution is 5.79. The first-order valence-corrected chi connectivity index (χ1v) is 12.9. The number of fused-ring (bicyclic) bond motifs is 3. The lowest BCUT2D eigenvalue weighted by Crippen LogP contribution is -2.47. The van der Waals surface area contributed by atoms with Crippen molar-refractivity contribution in [1.29, 1.82) is 0 Å². The van der Waals surface area contributed by atoms with Gasteiger partial charge in [-0.2, -0.15) is 0 Å². The van der Waals surface area contributed by atoms with Gasteiger partial charge in [-0.05, 0) is 54.9 Å². The van der Waals surface area contributed by atoms with Crippen LogP contribution in [0.4, 0.5) is 4.39 Å². The second kappa shape index (κ2) is 11.2. The lowest BCUT2D eigenvalue weighted by molar-refractivity contribution is -0.135. The monoisotopic (exact) mass is 491 g/mol. The van der Waals surface area contributed by atoms with E-state index in [-0.39, 0.29) is 36.0 Å². The van der Waals surface area contributed by atoms with Crippen LogP contribution in [0.3, 0.4) is 0 Å². The topological polar surface area (TPSA) is 61.9 Å². The van der Waals surface area contributed by atoms with Crippen LogP contribution >= 0.6 is 0 Å².